The molecule has 2 rings (SSSR count). The predicted molar refractivity (Wildman–Crippen MR) is 125 cm³/mol. The van der Waals surface area contributed by atoms with Crippen molar-refractivity contribution in [3.63, 3.8) is 0 Å². The van der Waals surface area contributed by atoms with Gasteiger partial charge in [0.05, 0.1) is 12.0 Å². The number of rotatable bonds is 14. The van der Waals surface area contributed by atoms with E-state index in [4.69, 9.17) is 4.42 Å². The molecule has 2 aromatic rings. The van der Waals surface area contributed by atoms with Gasteiger partial charge in [0.25, 0.3) is 5.91 Å². The first-order valence-electron chi connectivity index (χ1n) is 11.4. The number of benzene rings is 1. The third kappa shape index (κ3) is 9.64. The lowest BCUT2D eigenvalue weighted by Crippen LogP contribution is -2.18. The molecule has 1 aromatic carbocycles. The van der Waals surface area contributed by atoms with Gasteiger partial charge in [-0.2, -0.15) is 5.10 Å². The maximum absolute atomic E-state index is 12.0. The van der Waals surface area contributed by atoms with Crippen LogP contribution in [-0.4, -0.2) is 17.5 Å². The average molecular weight is 426 g/mol. The van der Waals surface area contributed by atoms with Crippen LogP contribution in [0.25, 0.3) is 0 Å². The van der Waals surface area contributed by atoms with Gasteiger partial charge in [0.15, 0.2) is 5.76 Å². The highest BCUT2D eigenvalue weighted by molar-refractivity contribution is 6.03. The van der Waals surface area contributed by atoms with Crippen molar-refractivity contribution in [2.24, 2.45) is 5.10 Å². The molecule has 6 nitrogen and oxygen atoms in total. The zero-order valence-electron chi connectivity index (χ0n) is 18.8. The lowest BCUT2D eigenvalue weighted by atomic mass is 10.1. The number of amides is 2. The number of anilines is 1. The SMILES string of the molecule is CCCCCCCCCCCC(=O)NN=C(C)c1ccc(NC(=O)c2ccco2)cc1. The zero-order valence-corrected chi connectivity index (χ0v) is 18.8. The maximum atomic E-state index is 12.0. The molecule has 0 aliphatic rings. The van der Waals surface area contributed by atoms with E-state index >= 15 is 0 Å². The Kier molecular flexibility index (Phi) is 11.1. The van der Waals surface area contributed by atoms with E-state index in [-0.39, 0.29) is 17.6 Å². The lowest BCUT2D eigenvalue weighted by Gasteiger charge is -2.06. The van der Waals surface area contributed by atoms with Crippen LogP contribution >= 0.6 is 0 Å². The quantitative estimate of drug-likeness (QED) is 0.212. The number of hydrogen-bond acceptors (Lipinski definition) is 4. The minimum absolute atomic E-state index is 0.0513. The van der Waals surface area contributed by atoms with Gasteiger partial charge in [-0.15, -0.1) is 0 Å². The molecule has 2 amide bonds. The molecule has 0 aliphatic carbocycles. The summed E-state index contributed by atoms with van der Waals surface area (Å²) in [5, 5.41) is 6.97. The summed E-state index contributed by atoms with van der Waals surface area (Å²) in [5.41, 5.74) is 4.88. The van der Waals surface area contributed by atoms with Gasteiger partial charge in [0.2, 0.25) is 5.91 Å². The summed E-state index contributed by atoms with van der Waals surface area (Å²) in [7, 11) is 0. The van der Waals surface area contributed by atoms with Crippen molar-refractivity contribution in [3.8, 4) is 0 Å². The molecule has 0 saturated carbocycles. The molecule has 0 fully saturated rings. The number of hydrazone groups is 1. The van der Waals surface area contributed by atoms with E-state index < -0.39 is 0 Å². The highest BCUT2D eigenvalue weighted by Gasteiger charge is 2.09. The summed E-state index contributed by atoms with van der Waals surface area (Å²) in [4.78, 5) is 24.0. The van der Waals surface area contributed by atoms with Crippen molar-refractivity contribution >= 4 is 23.2 Å². The second kappa shape index (κ2) is 14.2. The number of hydrogen-bond donors (Lipinski definition) is 2. The molecule has 1 heterocycles. The fraction of sp³-hybridized carbons (Fsp3) is 0.480. The minimum atomic E-state index is -0.299. The zero-order chi connectivity index (χ0) is 22.3. The number of nitrogens with one attached hydrogen (secondary N) is 2. The Morgan fingerprint density at radius 3 is 2.16 bits per heavy atom. The van der Waals surface area contributed by atoms with Crippen molar-refractivity contribution in [3.05, 3.63) is 54.0 Å². The summed E-state index contributed by atoms with van der Waals surface area (Å²) >= 11 is 0. The van der Waals surface area contributed by atoms with Crippen molar-refractivity contribution in [2.45, 2.75) is 78.1 Å². The molecule has 168 valence electrons. The molecule has 0 aliphatic heterocycles. The van der Waals surface area contributed by atoms with Crippen molar-refractivity contribution in [1.29, 1.82) is 0 Å². The van der Waals surface area contributed by atoms with Crippen molar-refractivity contribution in [2.75, 3.05) is 5.32 Å². The van der Waals surface area contributed by atoms with Gasteiger partial charge in [0, 0.05) is 12.1 Å². The third-order valence-electron chi connectivity index (χ3n) is 5.16. The fourth-order valence-electron chi connectivity index (χ4n) is 3.26. The summed E-state index contributed by atoms with van der Waals surface area (Å²) in [6.07, 6.45) is 13.0. The minimum Gasteiger partial charge on any atom is -0.459 e. The highest BCUT2D eigenvalue weighted by atomic mass is 16.3. The van der Waals surface area contributed by atoms with E-state index in [1.54, 1.807) is 24.3 Å². The number of carbonyl (C=O) groups is 2. The maximum Gasteiger partial charge on any atom is 0.291 e. The Balaban J connectivity index is 1.64. The van der Waals surface area contributed by atoms with Crippen molar-refractivity contribution < 1.29 is 14.0 Å². The Morgan fingerprint density at radius 1 is 0.903 bits per heavy atom. The molecule has 6 heteroatoms. The first kappa shape index (κ1) is 24.4. The smallest absolute Gasteiger partial charge is 0.291 e. The lowest BCUT2D eigenvalue weighted by molar-refractivity contribution is -0.121. The van der Waals surface area contributed by atoms with E-state index in [1.165, 1.54) is 51.2 Å². The van der Waals surface area contributed by atoms with Crippen LogP contribution in [0.3, 0.4) is 0 Å². The van der Waals surface area contributed by atoms with E-state index in [2.05, 4.69) is 22.8 Å². The summed E-state index contributed by atoms with van der Waals surface area (Å²) in [6, 6.07) is 10.6. The van der Waals surface area contributed by atoms with Gasteiger partial charge in [0.1, 0.15) is 0 Å². The number of furan rings is 1. The molecule has 31 heavy (non-hydrogen) atoms. The molecular weight excluding hydrogens is 390 g/mol. The van der Waals surface area contributed by atoms with Crippen LogP contribution in [0.2, 0.25) is 0 Å². The number of carbonyl (C=O) groups excluding carboxylic acids is 2. The fourth-order valence-corrected chi connectivity index (χ4v) is 3.26. The highest BCUT2D eigenvalue weighted by Crippen LogP contribution is 2.13. The van der Waals surface area contributed by atoms with Gasteiger partial charge in [-0.1, -0.05) is 70.4 Å². The largest absolute Gasteiger partial charge is 0.459 e. The van der Waals surface area contributed by atoms with Gasteiger partial charge in [-0.05, 0) is 43.2 Å². The molecular formula is C25H35N3O3. The van der Waals surface area contributed by atoms with Gasteiger partial charge in [-0.25, -0.2) is 5.43 Å². The summed E-state index contributed by atoms with van der Waals surface area (Å²) < 4.78 is 5.08. The van der Waals surface area contributed by atoms with E-state index in [1.807, 2.05) is 19.1 Å². The molecule has 0 unspecified atom stereocenters. The van der Waals surface area contributed by atoms with Crippen LogP contribution < -0.4 is 10.7 Å². The molecule has 0 bridgehead atoms. The standard InChI is InChI=1S/C25H35N3O3/c1-3-4-5-6-7-8-9-10-11-14-24(29)28-27-20(2)21-15-17-22(18-16-21)26-25(30)23-13-12-19-31-23/h12-13,15-19H,3-11,14H2,1-2H3,(H,26,30)(H,28,29). The molecule has 0 spiro atoms. The van der Waals surface area contributed by atoms with Gasteiger partial charge in [-0.3, -0.25) is 9.59 Å². The Hall–Kier alpha value is -2.89. The number of unbranched alkanes of at least 4 members (excludes halogenated alkanes) is 8. The molecule has 0 saturated heterocycles. The first-order valence-corrected chi connectivity index (χ1v) is 11.4. The Morgan fingerprint density at radius 2 is 1.55 bits per heavy atom. The second-order valence-corrected chi connectivity index (χ2v) is 7.82. The van der Waals surface area contributed by atoms with Crippen molar-refractivity contribution in [1.82, 2.24) is 5.43 Å². The monoisotopic (exact) mass is 425 g/mol. The molecule has 0 atom stereocenters. The van der Waals surface area contributed by atoms with Gasteiger partial charge < -0.3 is 9.73 Å². The van der Waals surface area contributed by atoms with E-state index in [9.17, 15) is 9.59 Å². The van der Waals surface area contributed by atoms with Crippen LogP contribution in [0.15, 0.2) is 52.2 Å². The molecule has 1 aromatic heterocycles. The molecule has 2 N–H and O–H groups in total. The van der Waals surface area contributed by atoms with Crippen LogP contribution in [-0.2, 0) is 4.79 Å². The molecule has 0 radical (unpaired) electrons. The van der Waals surface area contributed by atoms with Crippen LogP contribution in [0.4, 0.5) is 5.69 Å². The van der Waals surface area contributed by atoms with E-state index in [0.29, 0.717) is 17.8 Å². The van der Waals surface area contributed by atoms with E-state index in [0.717, 1.165) is 18.4 Å². The third-order valence-corrected chi connectivity index (χ3v) is 5.16. The summed E-state index contributed by atoms with van der Waals surface area (Å²) in [5.74, 6) is -0.0898. The Bertz CT molecular complexity index is 811. The van der Waals surface area contributed by atoms with Crippen LogP contribution in [0, 0.1) is 0 Å². The average Bonchev–Trinajstić information content (AvgIpc) is 3.32. The number of nitrogens with zero attached hydrogens (tertiary/aromatic N) is 1. The normalized spacial score (nSPS) is 11.4. The van der Waals surface area contributed by atoms with Crippen LogP contribution in [0.1, 0.15) is 94.2 Å². The van der Waals surface area contributed by atoms with Crippen LogP contribution in [0.5, 0.6) is 0 Å². The Labute approximate surface area is 185 Å². The predicted octanol–water partition coefficient (Wildman–Crippen LogP) is 6.29. The first-order chi connectivity index (χ1) is 15.1. The van der Waals surface area contributed by atoms with Gasteiger partial charge >= 0.3 is 0 Å². The topological polar surface area (TPSA) is 83.7 Å². The summed E-state index contributed by atoms with van der Waals surface area (Å²) in [6.45, 7) is 4.08. The second-order valence-electron chi connectivity index (χ2n) is 7.82.